The van der Waals surface area contributed by atoms with Crippen LogP contribution in [-0.4, -0.2) is 50.6 Å². The van der Waals surface area contributed by atoms with Crippen molar-refractivity contribution in [1.29, 1.82) is 0 Å². The van der Waals surface area contributed by atoms with Gasteiger partial charge in [0.1, 0.15) is 11.5 Å². The molecule has 0 fully saturated rings. The number of imide groups is 2. The van der Waals surface area contributed by atoms with Gasteiger partial charge in [-0.05, 0) is 72.1 Å². The fourth-order valence-electron chi connectivity index (χ4n) is 7.12. The van der Waals surface area contributed by atoms with E-state index in [1.165, 1.54) is 24.3 Å². The van der Waals surface area contributed by atoms with Gasteiger partial charge < -0.3 is 8.37 Å². The molecule has 0 spiro atoms. The van der Waals surface area contributed by atoms with E-state index in [9.17, 15) is 36.0 Å². The first-order valence-corrected chi connectivity index (χ1v) is 22.7. The van der Waals surface area contributed by atoms with E-state index in [0.717, 1.165) is 75.6 Å². The third-order valence-corrected chi connectivity index (χ3v) is 11.5. The summed E-state index contributed by atoms with van der Waals surface area (Å²) in [5, 5.41) is 1.78. The normalized spacial score (nSPS) is 13.5. The maximum atomic E-state index is 13.5. The molecule has 4 amide bonds. The first-order chi connectivity index (χ1) is 29.8. The first-order valence-electron chi connectivity index (χ1n) is 20.1. The summed E-state index contributed by atoms with van der Waals surface area (Å²) in [5.41, 5.74) is 1.17. The predicted octanol–water partition coefficient (Wildman–Crippen LogP) is 8.34. The zero-order valence-corrected chi connectivity index (χ0v) is 35.4. The molecule has 0 unspecified atom stereocenters. The van der Waals surface area contributed by atoms with Gasteiger partial charge in [-0.1, -0.05) is 106 Å². The van der Waals surface area contributed by atoms with E-state index in [2.05, 4.69) is 37.5 Å². The van der Waals surface area contributed by atoms with Crippen molar-refractivity contribution < 1.29 is 52.9 Å². The number of carbonyl (C=O) groups excluding carboxylic acids is 4. The number of nitrogens with zero attached hydrogens (tertiary/aromatic N) is 2. The standard InChI is InChI=1S/C46H40N2O12S2/c1-3-5-7-9-11-13-18-31-26-28-39-41-35(31)22-16-24-37(41)43(49)47(45(39)51)59-61(53,54)57-33-20-15-21-34(30-33)58-62(55,56)60-48-44(50)38-25-17-23-36-32(19-14-12-10-8-6-4-2)27-29-40(42(36)38)46(48)52/h15-17,20-30H,3-12H2,1-2H3. The summed E-state index contributed by atoms with van der Waals surface area (Å²) >= 11 is 0. The van der Waals surface area contributed by atoms with Crippen molar-refractivity contribution in [2.24, 2.45) is 0 Å². The average Bonchev–Trinajstić information content (AvgIpc) is 3.24. The molecule has 318 valence electrons. The zero-order valence-electron chi connectivity index (χ0n) is 33.8. The Balaban J connectivity index is 1.02. The molecule has 0 N–H and O–H groups in total. The second-order valence-corrected chi connectivity index (χ2v) is 16.7. The van der Waals surface area contributed by atoms with Gasteiger partial charge in [0, 0.05) is 40.8 Å². The lowest BCUT2D eigenvalue weighted by Crippen LogP contribution is -2.42. The fraction of sp³-hybridized carbons (Fsp3) is 0.261. The second kappa shape index (κ2) is 18.6. The van der Waals surface area contributed by atoms with Crippen molar-refractivity contribution in [3.05, 3.63) is 118 Å². The third-order valence-electron chi connectivity index (χ3n) is 10.0. The smallest absolute Gasteiger partial charge is 0.360 e. The summed E-state index contributed by atoms with van der Waals surface area (Å²) < 4.78 is 72.2. The molecule has 0 radical (unpaired) electrons. The topological polar surface area (TPSA) is 180 Å². The SMILES string of the molecule is CCCCCCC#Cc1ccc2c3c(cccc13)C(=O)N(OS(=O)(=O)Oc1cccc(OS(=O)(=O)ON3C(=O)c4cccc5c(C#CCCCCCC)ccc(c45)C3=O)c1)C2=O. The van der Waals surface area contributed by atoms with Crippen LogP contribution in [0.4, 0.5) is 0 Å². The van der Waals surface area contributed by atoms with Crippen molar-refractivity contribution in [2.75, 3.05) is 0 Å². The maximum absolute atomic E-state index is 13.5. The number of carbonyl (C=O) groups is 4. The number of unbranched alkanes of at least 4 members (excludes halogenated alkanes) is 8. The van der Waals surface area contributed by atoms with Gasteiger partial charge in [0.15, 0.2) is 0 Å². The average molecular weight is 877 g/mol. The third kappa shape index (κ3) is 9.34. The van der Waals surface area contributed by atoms with Gasteiger partial charge in [0.05, 0.1) is 22.3 Å². The minimum atomic E-state index is -5.24. The van der Waals surface area contributed by atoms with Gasteiger partial charge in [-0.25, -0.2) is 0 Å². The Hall–Kier alpha value is -6.56. The Morgan fingerprint density at radius 1 is 0.484 bits per heavy atom. The van der Waals surface area contributed by atoms with Crippen LogP contribution in [0.3, 0.4) is 0 Å². The van der Waals surface area contributed by atoms with Gasteiger partial charge in [0.2, 0.25) is 0 Å². The van der Waals surface area contributed by atoms with Crippen LogP contribution in [-0.2, 0) is 29.4 Å². The van der Waals surface area contributed by atoms with Crippen molar-refractivity contribution >= 4 is 66.0 Å². The monoisotopic (exact) mass is 876 g/mol. The highest BCUT2D eigenvalue weighted by atomic mass is 32.3. The van der Waals surface area contributed by atoms with Crippen LogP contribution in [0.15, 0.2) is 84.9 Å². The largest absolute Gasteiger partial charge is 0.471 e. The van der Waals surface area contributed by atoms with Crippen LogP contribution in [0.25, 0.3) is 21.5 Å². The minimum absolute atomic E-state index is 0.00658. The number of hydrogen-bond donors (Lipinski definition) is 0. The van der Waals surface area contributed by atoms with Gasteiger partial charge in [-0.2, -0.15) is 16.8 Å². The highest BCUT2D eigenvalue weighted by molar-refractivity contribution is 7.82. The first kappa shape index (κ1) is 43.5. The lowest BCUT2D eigenvalue weighted by atomic mass is 9.92. The fourth-order valence-corrected chi connectivity index (χ4v) is 8.50. The van der Waals surface area contributed by atoms with Crippen LogP contribution in [0.1, 0.15) is 131 Å². The van der Waals surface area contributed by atoms with Crippen LogP contribution >= 0.6 is 0 Å². The molecule has 62 heavy (non-hydrogen) atoms. The molecule has 5 aromatic rings. The molecule has 0 atom stereocenters. The maximum Gasteiger partial charge on any atom is 0.471 e. The van der Waals surface area contributed by atoms with Gasteiger partial charge >= 0.3 is 20.8 Å². The minimum Gasteiger partial charge on any atom is -0.360 e. The summed E-state index contributed by atoms with van der Waals surface area (Å²) in [7, 11) is -10.5. The van der Waals surface area contributed by atoms with E-state index in [1.54, 1.807) is 36.4 Å². The molecule has 2 aliphatic heterocycles. The molecule has 0 aromatic heterocycles. The Morgan fingerprint density at radius 2 is 0.871 bits per heavy atom. The molecule has 7 rings (SSSR count). The van der Waals surface area contributed by atoms with Crippen LogP contribution < -0.4 is 8.37 Å². The van der Waals surface area contributed by atoms with E-state index < -0.39 is 55.9 Å². The van der Waals surface area contributed by atoms with Crippen molar-refractivity contribution in [2.45, 2.75) is 78.1 Å². The van der Waals surface area contributed by atoms with E-state index in [0.29, 0.717) is 45.5 Å². The Labute approximate surface area is 359 Å². The van der Waals surface area contributed by atoms with Crippen molar-refractivity contribution in [3.63, 3.8) is 0 Å². The van der Waals surface area contributed by atoms with Crippen LogP contribution in [0.5, 0.6) is 11.5 Å². The molecule has 0 aliphatic carbocycles. The van der Waals surface area contributed by atoms with E-state index >= 15 is 0 Å². The van der Waals surface area contributed by atoms with Crippen LogP contribution in [0, 0.1) is 23.7 Å². The number of benzene rings is 5. The summed E-state index contributed by atoms with van der Waals surface area (Å²) in [5.74, 6) is 7.05. The molecule has 0 saturated heterocycles. The zero-order chi connectivity index (χ0) is 44.0. The van der Waals surface area contributed by atoms with E-state index in [1.807, 2.05) is 0 Å². The molecule has 14 nitrogen and oxygen atoms in total. The highest BCUT2D eigenvalue weighted by Gasteiger charge is 2.40. The molecule has 5 aromatic carbocycles. The summed E-state index contributed by atoms with van der Waals surface area (Å²) in [6.07, 6.45) is 9.82. The number of rotatable bonds is 16. The second-order valence-electron chi connectivity index (χ2n) is 14.4. The van der Waals surface area contributed by atoms with Crippen molar-refractivity contribution in [3.8, 4) is 35.2 Å². The summed E-state index contributed by atoms with van der Waals surface area (Å²) in [6.45, 7) is 4.24. The molecule has 0 bridgehead atoms. The van der Waals surface area contributed by atoms with Gasteiger partial charge in [0.25, 0.3) is 23.6 Å². The number of hydroxylamine groups is 4. The molecule has 0 saturated carbocycles. The lowest BCUT2D eigenvalue weighted by molar-refractivity contribution is -0.0209. The highest BCUT2D eigenvalue weighted by Crippen LogP contribution is 2.35. The number of amides is 4. The Morgan fingerprint density at radius 3 is 1.27 bits per heavy atom. The van der Waals surface area contributed by atoms with Gasteiger partial charge in [-0.3, -0.25) is 19.2 Å². The van der Waals surface area contributed by atoms with Gasteiger partial charge in [-0.15, -0.1) is 18.7 Å². The lowest BCUT2D eigenvalue weighted by Gasteiger charge is -2.25. The Bertz CT molecular complexity index is 2750. The van der Waals surface area contributed by atoms with E-state index in [4.69, 9.17) is 16.9 Å². The molecule has 16 heteroatoms. The van der Waals surface area contributed by atoms with Crippen LogP contribution in [0.2, 0.25) is 0 Å². The number of hydrogen-bond acceptors (Lipinski definition) is 12. The molecule has 2 aliphatic rings. The summed E-state index contributed by atoms with van der Waals surface area (Å²) in [6, 6.07) is 19.6. The molecule has 2 heterocycles. The summed E-state index contributed by atoms with van der Waals surface area (Å²) in [4.78, 5) is 54.1. The molecular weight excluding hydrogens is 837 g/mol. The van der Waals surface area contributed by atoms with E-state index in [-0.39, 0.29) is 32.4 Å². The quantitative estimate of drug-likeness (QED) is 0.0526. The Kier molecular flexibility index (Phi) is 13.1. The predicted molar refractivity (Wildman–Crippen MR) is 228 cm³/mol. The molecular formula is C46H40N2O12S2. The van der Waals surface area contributed by atoms with Crippen molar-refractivity contribution in [1.82, 2.24) is 10.1 Å².